The van der Waals surface area contributed by atoms with E-state index >= 15 is 0 Å². The average molecular weight is 346 g/mol. The van der Waals surface area contributed by atoms with Crippen LogP contribution in [0.5, 0.6) is 0 Å². The van der Waals surface area contributed by atoms with Crippen molar-refractivity contribution in [2.45, 2.75) is 52.9 Å². The lowest BCUT2D eigenvalue weighted by atomic mass is 9.68. The summed E-state index contributed by atoms with van der Waals surface area (Å²) < 4.78 is 5.16. The molecule has 1 aliphatic carbocycles. The highest BCUT2D eigenvalue weighted by atomic mass is 16.5. The molecule has 1 rings (SSSR count). The van der Waals surface area contributed by atoms with Crippen LogP contribution in [0, 0.1) is 11.3 Å². The van der Waals surface area contributed by atoms with Gasteiger partial charge in [-0.1, -0.05) is 33.3 Å². The van der Waals surface area contributed by atoms with Crippen molar-refractivity contribution < 1.29 is 29.3 Å². The number of amides is 2. The number of carbonyl (C=O) groups excluding carboxylic acids is 1. The second kappa shape index (κ2) is 12.2. The van der Waals surface area contributed by atoms with E-state index in [1.165, 1.54) is 25.7 Å². The normalized spacial score (nSPS) is 17.9. The summed E-state index contributed by atoms with van der Waals surface area (Å²) in [4.78, 5) is 28.8. The maximum Gasteiger partial charge on any atom is 0.402 e. The van der Waals surface area contributed by atoms with Crippen LogP contribution in [0.15, 0.2) is 12.2 Å². The second-order valence-electron chi connectivity index (χ2n) is 6.31. The Bertz CT molecular complexity index is 414. The van der Waals surface area contributed by atoms with E-state index < -0.39 is 12.2 Å². The van der Waals surface area contributed by atoms with Crippen molar-refractivity contribution in [1.82, 2.24) is 0 Å². The van der Waals surface area contributed by atoms with Crippen LogP contribution in [0.25, 0.3) is 0 Å². The van der Waals surface area contributed by atoms with Crippen LogP contribution in [0.2, 0.25) is 0 Å². The van der Waals surface area contributed by atoms with Gasteiger partial charge in [0.2, 0.25) is 0 Å². The minimum absolute atomic E-state index is 0.256. The first-order valence-electron chi connectivity index (χ1n) is 7.69. The Labute approximate surface area is 142 Å². The number of esters is 1. The molecule has 0 heterocycles. The first-order chi connectivity index (χ1) is 10.9. The van der Waals surface area contributed by atoms with E-state index in [-0.39, 0.29) is 5.97 Å². The van der Waals surface area contributed by atoms with Crippen LogP contribution in [0.3, 0.4) is 0 Å². The fourth-order valence-corrected chi connectivity index (χ4v) is 2.52. The van der Waals surface area contributed by atoms with Crippen LogP contribution in [-0.2, 0) is 9.53 Å². The summed E-state index contributed by atoms with van der Waals surface area (Å²) in [6.07, 6.45) is 3.56. The van der Waals surface area contributed by atoms with Gasteiger partial charge >= 0.3 is 18.2 Å². The zero-order chi connectivity index (χ0) is 19.3. The van der Waals surface area contributed by atoms with Crippen molar-refractivity contribution in [3.8, 4) is 0 Å². The molecule has 140 valence electrons. The average Bonchev–Trinajstić information content (AvgIpc) is 2.38. The molecule has 0 aliphatic heterocycles. The summed E-state index contributed by atoms with van der Waals surface area (Å²) >= 11 is 0. The molecule has 0 spiro atoms. The maximum absolute atomic E-state index is 11.2. The molecule has 8 nitrogen and oxygen atoms in total. The molecule has 8 heteroatoms. The minimum atomic E-state index is -1.33. The number of ether oxygens (including phenoxy) is 1. The lowest BCUT2D eigenvalue weighted by molar-refractivity contribution is -0.139. The lowest BCUT2D eigenvalue weighted by Crippen LogP contribution is -2.29. The Hall–Kier alpha value is -2.25. The van der Waals surface area contributed by atoms with Gasteiger partial charge in [0.25, 0.3) is 0 Å². The zero-order valence-electron chi connectivity index (χ0n) is 14.7. The van der Waals surface area contributed by atoms with Gasteiger partial charge < -0.3 is 26.4 Å². The monoisotopic (exact) mass is 346 g/mol. The highest BCUT2D eigenvalue weighted by Gasteiger charge is 2.31. The van der Waals surface area contributed by atoms with Crippen molar-refractivity contribution in [3.05, 3.63) is 12.2 Å². The summed E-state index contributed by atoms with van der Waals surface area (Å²) in [5.74, 6) is 0.438. The summed E-state index contributed by atoms with van der Waals surface area (Å²) in [5.41, 5.74) is 8.95. The third-order valence-corrected chi connectivity index (χ3v) is 3.78. The van der Waals surface area contributed by atoms with Crippen LogP contribution in [-0.4, -0.2) is 35.0 Å². The number of nitrogens with two attached hydrogens (primary N) is 2. The number of primary amides is 2. The van der Waals surface area contributed by atoms with Crippen LogP contribution >= 0.6 is 0 Å². The maximum atomic E-state index is 11.2. The molecule has 1 fully saturated rings. The number of rotatable bonds is 4. The molecular formula is C16H30N2O6. The van der Waals surface area contributed by atoms with Gasteiger partial charge in [-0.3, -0.25) is 0 Å². The summed E-state index contributed by atoms with van der Waals surface area (Å²) in [7, 11) is 0. The fourth-order valence-electron chi connectivity index (χ4n) is 2.52. The third-order valence-electron chi connectivity index (χ3n) is 3.78. The minimum Gasteiger partial charge on any atom is -0.465 e. The van der Waals surface area contributed by atoms with Gasteiger partial charge in [0.1, 0.15) is 0 Å². The molecule has 1 saturated carbocycles. The van der Waals surface area contributed by atoms with Crippen molar-refractivity contribution in [2.24, 2.45) is 22.8 Å². The number of carbonyl (C=O) groups is 3. The Morgan fingerprint density at radius 1 is 1.17 bits per heavy atom. The van der Waals surface area contributed by atoms with Crippen molar-refractivity contribution in [3.63, 3.8) is 0 Å². The van der Waals surface area contributed by atoms with Crippen molar-refractivity contribution in [1.29, 1.82) is 0 Å². The van der Waals surface area contributed by atoms with Gasteiger partial charge in [0, 0.05) is 5.57 Å². The van der Waals surface area contributed by atoms with Gasteiger partial charge in [-0.2, -0.15) is 0 Å². The largest absolute Gasteiger partial charge is 0.465 e. The van der Waals surface area contributed by atoms with E-state index in [0.29, 0.717) is 23.5 Å². The number of hydrogen-bond acceptors (Lipinski definition) is 4. The van der Waals surface area contributed by atoms with Crippen LogP contribution in [0.4, 0.5) is 9.59 Å². The lowest BCUT2D eigenvalue weighted by Gasteiger charge is -2.38. The van der Waals surface area contributed by atoms with Gasteiger partial charge in [-0.05, 0) is 37.5 Å². The third kappa shape index (κ3) is 14.7. The van der Waals surface area contributed by atoms with E-state index in [1.54, 1.807) is 6.92 Å². The first-order valence-corrected chi connectivity index (χ1v) is 7.69. The molecule has 1 unspecified atom stereocenters. The predicted octanol–water partition coefficient (Wildman–Crippen LogP) is 2.96. The summed E-state index contributed by atoms with van der Waals surface area (Å²) in [6, 6.07) is 0. The van der Waals surface area contributed by atoms with Gasteiger partial charge in [-0.25, -0.2) is 14.4 Å². The van der Waals surface area contributed by atoms with Gasteiger partial charge in [-0.15, -0.1) is 0 Å². The Morgan fingerprint density at radius 3 is 2.00 bits per heavy atom. The summed E-state index contributed by atoms with van der Waals surface area (Å²) in [6.45, 7) is 10.5. The van der Waals surface area contributed by atoms with E-state index in [2.05, 4.69) is 31.9 Å². The smallest absolute Gasteiger partial charge is 0.402 e. The highest BCUT2D eigenvalue weighted by Crippen LogP contribution is 2.42. The van der Waals surface area contributed by atoms with Crippen LogP contribution in [0.1, 0.15) is 52.9 Å². The predicted molar refractivity (Wildman–Crippen MR) is 90.6 cm³/mol. The Balaban J connectivity index is 0. The first kappa shape index (κ1) is 24.0. The Kier molecular flexibility index (Phi) is 12.2. The second-order valence-corrected chi connectivity index (χ2v) is 6.31. The molecule has 6 N–H and O–H groups in total. The molecule has 1 atom stereocenters. The number of carboxylic acid groups (broad SMARTS) is 2. The highest BCUT2D eigenvalue weighted by molar-refractivity contribution is 5.86. The van der Waals surface area contributed by atoms with Crippen molar-refractivity contribution in [2.75, 3.05) is 6.61 Å². The molecule has 0 radical (unpaired) electrons. The van der Waals surface area contributed by atoms with Gasteiger partial charge in [0.05, 0.1) is 6.61 Å². The molecule has 0 saturated heterocycles. The van der Waals surface area contributed by atoms with E-state index in [9.17, 15) is 4.79 Å². The van der Waals surface area contributed by atoms with Crippen LogP contribution < -0.4 is 11.5 Å². The zero-order valence-corrected chi connectivity index (χ0v) is 14.7. The fraction of sp³-hybridized carbons (Fsp3) is 0.688. The molecule has 0 aromatic heterocycles. The molecule has 1 aliphatic rings. The SMILES string of the molecule is C=C(C)C(=O)OCCC1CCCCC1(C)C.NC(=O)O.NC(=O)O. The number of hydrogen-bond donors (Lipinski definition) is 4. The molecular weight excluding hydrogens is 316 g/mol. The topological polar surface area (TPSA) is 153 Å². The molecule has 24 heavy (non-hydrogen) atoms. The Morgan fingerprint density at radius 2 is 1.62 bits per heavy atom. The standard InChI is InChI=1S/C14H24O2.2CH3NO2/c1-11(2)13(15)16-10-8-12-7-5-6-9-14(12,3)4;2*2-1(3)4/h12H,1,5-10H2,2-4H3;2*2H2,(H,3,4). The molecule has 2 amide bonds. The summed E-state index contributed by atoms with van der Waals surface area (Å²) in [5, 5.41) is 14.4. The van der Waals surface area contributed by atoms with Gasteiger partial charge in [0.15, 0.2) is 0 Å². The van der Waals surface area contributed by atoms with E-state index in [0.717, 1.165) is 6.42 Å². The van der Waals surface area contributed by atoms with E-state index in [1.807, 2.05) is 0 Å². The van der Waals surface area contributed by atoms with E-state index in [4.69, 9.17) is 24.5 Å². The molecule has 0 bridgehead atoms. The molecule has 0 aromatic carbocycles. The molecule has 0 aromatic rings. The quantitative estimate of drug-likeness (QED) is 0.453. The van der Waals surface area contributed by atoms with Crippen molar-refractivity contribution >= 4 is 18.2 Å².